The summed E-state index contributed by atoms with van der Waals surface area (Å²) in [5, 5.41) is 6.27. The molecular formula is C11H18F2N4O. The van der Waals surface area contributed by atoms with Crippen LogP contribution in [0.5, 0.6) is 0 Å². The molecular weight excluding hydrogens is 242 g/mol. The summed E-state index contributed by atoms with van der Waals surface area (Å²) >= 11 is 0. The summed E-state index contributed by atoms with van der Waals surface area (Å²) in [6.07, 6.45) is 0.992. The van der Waals surface area contributed by atoms with Crippen LogP contribution in [0.2, 0.25) is 0 Å². The van der Waals surface area contributed by atoms with E-state index in [0.717, 1.165) is 11.1 Å². The standard InChI is InChI=1S/C11H18F2N4O/c1-3-7(2)10(14)11(18)16-8-4-15-17(5-8)6-9(12)13/h4-5,7,9-10H,3,6,14H2,1-2H3,(H,16,18). The van der Waals surface area contributed by atoms with Gasteiger partial charge in [0.15, 0.2) is 0 Å². The molecule has 2 unspecified atom stereocenters. The van der Waals surface area contributed by atoms with Gasteiger partial charge in [0.1, 0.15) is 6.54 Å². The zero-order valence-electron chi connectivity index (χ0n) is 10.4. The molecule has 0 fully saturated rings. The van der Waals surface area contributed by atoms with Gasteiger partial charge in [-0.25, -0.2) is 8.78 Å². The molecule has 2 atom stereocenters. The monoisotopic (exact) mass is 260 g/mol. The van der Waals surface area contributed by atoms with Crippen molar-refractivity contribution < 1.29 is 13.6 Å². The number of nitrogens with two attached hydrogens (primary N) is 1. The van der Waals surface area contributed by atoms with E-state index in [2.05, 4.69) is 10.4 Å². The first-order valence-corrected chi connectivity index (χ1v) is 5.81. The lowest BCUT2D eigenvalue weighted by Crippen LogP contribution is -2.40. The van der Waals surface area contributed by atoms with Crippen LogP contribution in [0.4, 0.5) is 14.5 Å². The number of carbonyl (C=O) groups excluding carboxylic acids is 1. The second-order valence-corrected chi connectivity index (χ2v) is 4.24. The molecule has 102 valence electrons. The van der Waals surface area contributed by atoms with Gasteiger partial charge in [0, 0.05) is 6.20 Å². The zero-order chi connectivity index (χ0) is 13.7. The Balaban J connectivity index is 2.57. The van der Waals surface area contributed by atoms with Gasteiger partial charge >= 0.3 is 0 Å². The average molecular weight is 260 g/mol. The Kier molecular flexibility index (Phi) is 5.21. The second-order valence-electron chi connectivity index (χ2n) is 4.24. The summed E-state index contributed by atoms with van der Waals surface area (Å²) in [5.41, 5.74) is 6.12. The molecule has 1 amide bonds. The highest BCUT2D eigenvalue weighted by molar-refractivity contribution is 5.94. The Hall–Kier alpha value is -1.50. The predicted octanol–water partition coefficient (Wildman–Crippen LogP) is 1.46. The summed E-state index contributed by atoms with van der Waals surface area (Å²) in [5.74, 6) is -0.276. The molecule has 0 saturated heterocycles. The number of halogens is 2. The van der Waals surface area contributed by atoms with E-state index in [1.807, 2.05) is 13.8 Å². The smallest absolute Gasteiger partial charge is 0.257 e. The number of carbonyl (C=O) groups is 1. The zero-order valence-corrected chi connectivity index (χ0v) is 10.4. The van der Waals surface area contributed by atoms with Gasteiger partial charge in [-0.05, 0) is 5.92 Å². The van der Waals surface area contributed by atoms with Crippen LogP contribution >= 0.6 is 0 Å². The van der Waals surface area contributed by atoms with E-state index in [0.29, 0.717) is 5.69 Å². The molecule has 1 aromatic rings. The van der Waals surface area contributed by atoms with Gasteiger partial charge in [0.25, 0.3) is 6.43 Å². The lowest BCUT2D eigenvalue weighted by molar-refractivity contribution is -0.118. The van der Waals surface area contributed by atoms with Gasteiger partial charge in [0.05, 0.1) is 17.9 Å². The molecule has 0 aliphatic carbocycles. The van der Waals surface area contributed by atoms with Crippen molar-refractivity contribution in [2.45, 2.75) is 39.3 Å². The maximum absolute atomic E-state index is 12.1. The Bertz CT molecular complexity index is 394. The van der Waals surface area contributed by atoms with Crippen molar-refractivity contribution >= 4 is 11.6 Å². The Labute approximate surface area is 104 Å². The number of nitrogens with one attached hydrogen (secondary N) is 1. The molecule has 0 spiro atoms. The summed E-state index contributed by atoms with van der Waals surface area (Å²) in [6, 6.07) is -0.617. The molecule has 3 N–H and O–H groups in total. The first-order chi connectivity index (χ1) is 8.43. The minimum atomic E-state index is -2.48. The molecule has 5 nitrogen and oxygen atoms in total. The van der Waals surface area contributed by atoms with Crippen molar-refractivity contribution in [1.82, 2.24) is 9.78 Å². The van der Waals surface area contributed by atoms with E-state index in [9.17, 15) is 13.6 Å². The summed E-state index contributed by atoms with van der Waals surface area (Å²) in [4.78, 5) is 11.7. The van der Waals surface area contributed by atoms with Crippen LogP contribution in [0.3, 0.4) is 0 Å². The topological polar surface area (TPSA) is 72.9 Å². The molecule has 0 aromatic carbocycles. The first kappa shape index (κ1) is 14.6. The van der Waals surface area contributed by atoms with Crippen molar-refractivity contribution in [2.24, 2.45) is 11.7 Å². The van der Waals surface area contributed by atoms with Crippen LogP contribution in [0.25, 0.3) is 0 Å². The van der Waals surface area contributed by atoms with Gasteiger partial charge in [-0.15, -0.1) is 0 Å². The van der Waals surface area contributed by atoms with Crippen molar-refractivity contribution in [2.75, 3.05) is 5.32 Å². The lowest BCUT2D eigenvalue weighted by atomic mass is 9.99. The molecule has 0 aliphatic rings. The minimum Gasteiger partial charge on any atom is -0.322 e. The van der Waals surface area contributed by atoms with Gasteiger partial charge in [0.2, 0.25) is 5.91 Å². The maximum atomic E-state index is 12.1. The molecule has 7 heteroatoms. The Morgan fingerprint density at radius 1 is 1.61 bits per heavy atom. The highest BCUT2D eigenvalue weighted by Crippen LogP contribution is 2.10. The maximum Gasteiger partial charge on any atom is 0.257 e. The number of hydrogen-bond donors (Lipinski definition) is 2. The van der Waals surface area contributed by atoms with E-state index in [1.54, 1.807) is 0 Å². The summed E-state index contributed by atoms with van der Waals surface area (Å²) in [7, 11) is 0. The summed E-state index contributed by atoms with van der Waals surface area (Å²) < 4.78 is 25.3. The molecule has 1 aromatic heterocycles. The van der Waals surface area contributed by atoms with Gasteiger partial charge in [-0.2, -0.15) is 5.10 Å². The fourth-order valence-electron chi connectivity index (χ4n) is 1.41. The van der Waals surface area contributed by atoms with E-state index >= 15 is 0 Å². The molecule has 0 aliphatic heterocycles. The van der Waals surface area contributed by atoms with Gasteiger partial charge < -0.3 is 11.1 Å². The summed E-state index contributed by atoms with van der Waals surface area (Å²) in [6.45, 7) is 3.33. The number of rotatable bonds is 6. The number of hydrogen-bond acceptors (Lipinski definition) is 3. The number of anilines is 1. The van der Waals surface area contributed by atoms with E-state index in [-0.39, 0.29) is 11.8 Å². The van der Waals surface area contributed by atoms with Crippen LogP contribution < -0.4 is 11.1 Å². The lowest BCUT2D eigenvalue weighted by Gasteiger charge is -2.16. The van der Waals surface area contributed by atoms with Crippen molar-refractivity contribution in [3.05, 3.63) is 12.4 Å². The average Bonchev–Trinajstić information content (AvgIpc) is 2.73. The van der Waals surface area contributed by atoms with Crippen LogP contribution in [0, 0.1) is 5.92 Å². The fourth-order valence-corrected chi connectivity index (χ4v) is 1.41. The molecule has 1 heterocycles. The van der Waals surface area contributed by atoms with E-state index < -0.39 is 19.0 Å². The number of alkyl halides is 2. The van der Waals surface area contributed by atoms with E-state index in [4.69, 9.17) is 5.73 Å². The first-order valence-electron chi connectivity index (χ1n) is 5.81. The van der Waals surface area contributed by atoms with Crippen LogP contribution in [0.15, 0.2) is 12.4 Å². The van der Waals surface area contributed by atoms with Crippen LogP contribution in [-0.4, -0.2) is 28.2 Å². The highest BCUT2D eigenvalue weighted by Gasteiger charge is 2.19. The second kappa shape index (κ2) is 6.44. The number of amides is 1. The quantitative estimate of drug-likeness (QED) is 0.813. The predicted molar refractivity (Wildman–Crippen MR) is 64.3 cm³/mol. The highest BCUT2D eigenvalue weighted by atomic mass is 19.3. The molecule has 0 bridgehead atoms. The molecule has 0 saturated carbocycles. The SMILES string of the molecule is CCC(C)C(N)C(=O)Nc1cnn(CC(F)F)c1. The van der Waals surface area contributed by atoms with Gasteiger partial charge in [-0.1, -0.05) is 20.3 Å². The van der Waals surface area contributed by atoms with Crippen molar-refractivity contribution in [3.8, 4) is 0 Å². The number of aromatic nitrogens is 2. The van der Waals surface area contributed by atoms with Gasteiger partial charge in [-0.3, -0.25) is 9.48 Å². The molecule has 18 heavy (non-hydrogen) atoms. The minimum absolute atomic E-state index is 0.0566. The molecule has 1 rings (SSSR count). The third-order valence-corrected chi connectivity index (χ3v) is 2.79. The van der Waals surface area contributed by atoms with Crippen LogP contribution in [-0.2, 0) is 11.3 Å². The number of nitrogens with zero attached hydrogens (tertiary/aromatic N) is 2. The van der Waals surface area contributed by atoms with Crippen LogP contribution in [0.1, 0.15) is 20.3 Å². The third kappa shape index (κ3) is 4.06. The third-order valence-electron chi connectivity index (χ3n) is 2.79. The fraction of sp³-hybridized carbons (Fsp3) is 0.636. The van der Waals surface area contributed by atoms with E-state index in [1.165, 1.54) is 12.4 Å². The Morgan fingerprint density at radius 2 is 2.28 bits per heavy atom. The van der Waals surface area contributed by atoms with Crippen molar-refractivity contribution in [1.29, 1.82) is 0 Å². The van der Waals surface area contributed by atoms with Crippen molar-refractivity contribution in [3.63, 3.8) is 0 Å². The molecule has 0 radical (unpaired) electrons. The normalized spacial score (nSPS) is 14.6. The Morgan fingerprint density at radius 3 is 2.83 bits per heavy atom. The largest absolute Gasteiger partial charge is 0.322 e.